The molecule has 2 aromatic carbocycles. The monoisotopic (exact) mass is 697 g/mol. The highest BCUT2D eigenvalue weighted by atomic mass is 19.4. The molecule has 0 bridgehead atoms. The Bertz CT molecular complexity index is 1390. The van der Waals surface area contributed by atoms with Crippen LogP contribution >= 0.6 is 0 Å². The van der Waals surface area contributed by atoms with Gasteiger partial charge >= 0.3 is 24.3 Å². The lowest BCUT2D eigenvalue weighted by Gasteiger charge is -2.32. The Hall–Kier alpha value is -4.33. The Kier molecular flexibility index (Phi) is 14.5. The van der Waals surface area contributed by atoms with Crippen molar-refractivity contribution >= 4 is 23.8 Å². The van der Waals surface area contributed by atoms with Gasteiger partial charge in [-0.15, -0.1) is 13.2 Å². The number of rotatable bonds is 17. The number of likely N-dealkylation sites (N-methyl/N-ethyl adjacent to an activating group) is 2. The molecule has 1 amide bonds. The number of hydrogen-bond donors (Lipinski definition) is 1. The minimum atomic E-state index is -4.92. The molecule has 4 atom stereocenters. The van der Waals surface area contributed by atoms with Crippen molar-refractivity contribution in [1.82, 2.24) is 10.2 Å². The number of nitrogens with one attached hydrogen (secondary N) is 1. The molecule has 14 heteroatoms. The van der Waals surface area contributed by atoms with Crippen molar-refractivity contribution in [2.75, 3.05) is 14.1 Å². The average molecular weight is 698 g/mol. The molecule has 0 saturated heterocycles. The lowest BCUT2D eigenvalue weighted by atomic mass is 9.87. The molecule has 0 aliphatic carbocycles. The van der Waals surface area contributed by atoms with Crippen LogP contribution in [0.25, 0.3) is 0 Å². The molecule has 1 N–H and O–H groups in total. The second-order valence-corrected chi connectivity index (χ2v) is 13.1. The van der Waals surface area contributed by atoms with Crippen molar-refractivity contribution in [3.63, 3.8) is 0 Å². The van der Waals surface area contributed by atoms with Crippen LogP contribution in [0.1, 0.15) is 58.6 Å². The molecule has 0 aliphatic heterocycles. The fourth-order valence-electron chi connectivity index (χ4n) is 4.66. The van der Waals surface area contributed by atoms with Gasteiger partial charge in [0, 0.05) is 26.3 Å². The highest BCUT2D eigenvalue weighted by Crippen LogP contribution is 2.27. The van der Waals surface area contributed by atoms with Gasteiger partial charge in [-0.2, -0.15) is 0 Å². The molecule has 0 aliphatic rings. The van der Waals surface area contributed by atoms with Crippen LogP contribution in [-0.4, -0.2) is 79.1 Å². The average Bonchev–Trinajstić information content (AvgIpc) is 2.99. The molecule has 0 spiro atoms. The largest absolute Gasteiger partial charge is 0.573 e. The molecule has 0 unspecified atom stereocenters. The van der Waals surface area contributed by atoms with Crippen molar-refractivity contribution in [2.24, 2.45) is 5.41 Å². The van der Waals surface area contributed by atoms with E-state index in [0.717, 1.165) is 22.6 Å². The zero-order valence-corrected chi connectivity index (χ0v) is 28.8. The van der Waals surface area contributed by atoms with Crippen molar-refractivity contribution in [2.45, 2.75) is 96.8 Å². The minimum Gasteiger partial charge on any atom is -0.458 e. The van der Waals surface area contributed by atoms with Crippen LogP contribution in [0.4, 0.5) is 17.6 Å². The van der Waals surface area contributed by atoms with Gasteiger partial charge in [0.2, 0.25) is 0 Å². The van der Waals surface area contributed by atoms with Gasteiger partial charge in [0.25, 0.3) is 5.91 Å². The van der Waals surface area contributed by atoms with E-state index >= 15 is 0 Å². The first-order valence-electron chi connectivity index (χ1n) is 15.5. The Balaban J connectivity index is 2.34. The molecule has 0 fully saturated rings. The minimum absolute atomic E-state index is 0.0425. The summed E-state index contributed by atoms with van der Waals surface area (Å²) in [6, 6.07) is 10.9. The maximum Gasteiger partial charge on any atom is 0.573 e. The smallest absolute Gasteiger partial charge is 0.458 e. The van der Waals surface area contributed by atoms with E-state index in [1.807, 2.05) is 0 Å². The lowest BCUT2D eigenvalue weighted by molar-refractivity contribution is -0.274. The third-order valence-electron chi connectivity index (χ3n) is 7.12. The van der Waals surface area contributed by atoms with E-state index in [0.29, 0.717) is 0 Å². The number of benzene rings is 2. The maximum absolute atomic E-state index is 14.5. The Morgan fingerprint density at radius 2 is 1.43 bits per heavy atom. The summed E-state index contributed by atoms with van der Waals surface area (Å²) < 4.78 is 72.7. The number of nitrogens with zero attached hydrogens (tertiary/aromatic N) is 1. The number of hydrogen-bond acceptors (Lipinski definition) is 9. The zero-order valence-electron chi connectivity index (χ0n) is 28.8. The van der Waals surface area contributed by atoms with Crippen LogP contribution < -0.4 is 10.1 Å². The summed E-state index contributed by atoms with van der Waals surface area (Å²) in [6.07, 6.45) is -8.55. The number of amides is 1. The second-order valence-electron chi connectivity index (χ2n) is 13.1. The van der Waals surface area contributed by atoms with Gasteiger partial charge in [0.1, 0.15) is 35.5 Å². The first kappa shape index (κ1) is 40.8. The van der Waals surface area contributed by atoms with E-state index in [-0.39, 0.29) is 31.4 Å². The molecule has 2 rings (SSSR count). The molecular formula is C35H45F4N2O8+. The molecule has 2 aromatic rings. The van der Waals surface area contributed by atoms with Crippen molar-refractivity contribution in [3.05, 3.63) is 72.6 Å². The fraction of sp³-hybridized carbons (Fsp3) is 0.514. The number of halogens is 4. The van der Waals surface area contributed by atoms with Gasteiger partial charge in [0.05, 0.1) is 6.92 Å². The first-order valence-corrected chi connectivity index (χ1v) is 15.5. The first-order chi connectivity index (χ1) is 22.6. The van der Waals surface area contributed by atoms with Crippen molar-refractivity contribution < 1.29 is 55.7 Å². The number of carbonyl (C=O) groups is 4. The van der Waals surface area contributed by atoms with Crippen LogP contribution in [0.3, 0.4) is 0 Å². The summed E-state index contributed by atoms with van der Waals surface area (Å²) in [5.41, 5.74) is -1.58. The standard InChI is InChI=1S/C35H45F4N2O8/c1-22(30(43)46-21-24-12-10-9-11-13-24)47-32(45)27(20-33(2,3)4)41(8)29(42)28(48-31(44)26(40-7)19-34(5,6)36)18-23-14-16-25(17-15-23)49-35(37,38)39/h9-17,22,26-28,40H,2,18-21H2,1,3-8H3/q+1/t22-,26+,27+,28-/m1/s1. The van der Waals surface area contributed by atoms with E-state index < -0.39 is 71.3 Å². The number of carbonyl (C=O) groups excluding carboxylic acids is 4. The lowest BCUT2D eigenvalue weighted by Crippen LogP contribution is -2.52. The van der Waals surface area contributed by atoms with E-state index in [4.69, 9.17) is 14.2 Å². The summed E-state index contributed by atoms with van der Waals surface area (Å²) in [5, 5.41) is 2.66. The number of esters is 3. The SMILES string of the molecule is [CH2+]C(C)(C)C[C@@H](C(=O)O[C@H](C)C(=O)OCc1ccccc1)N(C)C(=O)[C@@H](Cc1ccc(OC(F)(F)F)cc1)OC(=O)[C@H](CC(C)(C)F)NC. The molecule has 49 heavy (non-hydrogen) atoms. The Morgan fingerprint density at radius 1 is 0.837 bits per heavy atom. The summed E-state index contributed by atoms with van der Waals surface area (Å²) in [6.45, 7) is 11.2. The van der Waals surface area contributed by atoms with Crippen LogP contribution in [0, 0.1) is 12.3 Å². The Morgan fingerprint density at radius 3 is 1.94 bits per heavy atom. The van der Waals surface area contributed by atoms with E-state index in [2.05, 4.69) is 17.0 Å². The Labute approximate surface area is 284 Å². The highest BCUT2D eigenvalue weighted by Gasteiger charge is 2.40. The number of ether oxygens (including phenoxy) is 4. The van der Waals surface area contributed by atoms with Crippen LogP contribution in [0.5, 0.6) is 5.75 Å². The predicted octanol–water partition coefficient (Wildman–Crippen LogP) is 5.52. The fourth-order valence-corrected chi connectivity index (χ4v) is 4.66. The van der Waals surface area contributed by atoms with Gasteiger partial charge in [-0.05, 0) is 64.9 Å². The maximum atomic E-state index is 14.5. The van der Waals surface area contributed by atoms with Gasteiger partial charge in [-0.1, -0.05) is 42.5 Å². The normalized spacial score (nSPS) is 14.5. The quantitative estimate of drug-likeness (QED) is 0.0987. The molecule has 0 saturated carbocycles. The third kappa shape index (κ3) is 14.8. The molecule has 0 radical (unpaired) electrons. The van der Waals surface area contributed by atoms with Gasteiger partial charge in [-0.25, -0.2) is 14.0 Å². The van der Waals surface area contributed by atoms with E-state index in [1.165, 1.54) is 47.0 Å². The second kappa shape index (κ2) is 17.4. The number of alkyl halides is 4. The molecule has 0 heterocycles. The van der Waals surface area contributed by atoms with Gasteiger partial charge in [-0.3, -0.25) is 9.59 Å². The van der Waals surface area contributed by atoms with Crippen LogP contribution in [-0.2, 0) is 46.4 Å². The van der Waals surface area contributed by atoms with Crippen LogP contribution in [0.15, 0.2) is 54.6 Å². The summed E-state index contributed by atoms with van der Waals surface area (Å²) in [7, 11) is 2.69. The van der Waals surface area contributed by atoms with Crippen LogP contribution in [0.2, 0.25) is 0 Å². The van der Waals surface area contributed by atoms with Gasteiger partial charge < -0.3 is 29.2 Å². The van der Waals surface area contributed by atoms with E-state index in [1.54, 1.807) is 44.2 Å². The van der Waals surface area contributed by atoms with Crippen molar-refractivity contribution in [1.29, 1.82) is 0 Å². The van der Waals surface area contributed by atoms with Gasteiger partial charge in [0.15, 0.2) is 12.2 Å². The predicted molar refractivity (Wildman–Crippen MR) is 171 cm³/mol. The molecule has 0 aromatic heterocycles. The third-order valence-corrected chi connectivity index (χ3v) is 7.12. The summed E-state index contributed by atoms with van der Waals surface area (Å²) in [4.78, 5) is 54.3. The zero-order chi connectivity index (χ0) is 37.2. The summed E-state index contributed by atoms with van der Waals surface area (Å²) >= 11 is 0. The topological polar surface area (TPSA) is 120 Å². The van der Waals surface area contributed by atoms with Crippen molar-refractivity contribution in [3.8, 4) is 5.75 Å². The van der Waals surface area contributed by atoms with E-state index in [9.17, 15) is 36.7 Å². The molecule has 10 nitrogen and oxygen atoms in total. The summed E-state index contributed by atoms with van der Waals surface area (Å²) in [5.74, 6) is -4.13. The highest BCUT2D eigenvalue weighted by molar-refractivity contribution is 5.90. The molecular weight excluding hydrogens is 652 g/mol. The molecule has 270 valence electrons.